The van der Waals surface area contributed by atoms with E-state index in [9.17, 15) is 0 Å². The van der Waals surface area contributed by atoms with Gasteiger partial charge in [0, 0.05) is 24.7 Å². The highest BCUT2D eigenvalue weighted by Gasteiger charge is 2.42. The number of fused-ring (bicyclic) bond motifs is 5. The smallest absolute Gasteiger partial charge is 0.224 e. The van der Waals surface area contributed by atoms with E-state index in [1.807, 2.05) is 6.20 Å². The molecule has 1 aliphatic heterocycles. The molecule has 1 aromatic heterocycles. The third-order valence-corrected chi connectivity index (χ3v) is 5.97. The second-order valence-electron chi connectivity index (χ2n) is 7.45. The van der Waals surface area contributed by atoms with Crippen molar-refractivity contribution in [2.75, 3.05) is 16.8 Å². The summed E-state index contributed by atoms with van der Waals surface area (Å²) in [4.78, 5) is 11.8. The van der Waals surface area contributed by atoms with E-state index in [1.165, 1.54) is 44.1 Å². The van der Waals surface area contributed by atoms with Crippen molar-refractivity contribution in [3.05, 3.63) is 47.7 Å². The van der Waals surface area contributed by atoms with E-state index < -0.39 is 0 Å². The fourth-order valence-electron chi connectivity index (χ4n) is 4.80. The summed E-state index contributed by atoms with van der Waals surface area (Å²) in [5.41, 5.74) is 3.04. The van der Waals surface area contributed by atoms with E-state index in [2.05, 4.69) is 45.5 Å². The van der Waals surface area contributed by atoms with Gasteiger partial charge in [-0.2, -0.15) is 4.98 Å². The van der Waals surface area contributed by atoms with E-state index in [0.29, 0.717) is 18.0 Å². The lowest BCUT2D eigenvalue weighted by Gasteiger charge is -2.30. The minimum atomic E-state index is 0.489. The lowest BCUT2D eigenvalue weighted by atomic mass is 9.96. The molecule has 2 heterocycles. The molecule has 5 rings (SSSR count). The fourth-order valence-corrected chi connectivity index (χ4v) is 4.80. The van der Waals surface area contributed by atoms with Crippen molar-refractivity contribution in [2.45, 2.75) is 56.5 Å². The second-order valence-corrected chi connectivity index (χ2v) is 7.45. The Balaban J connectivity index is 1.38. The minimum absolute atomic E-state index is 0.489. The van der Waals surface area contributed by atoms with E-state index >= 15 is 0 Å². The molecule has 124 valence electrons. The van der Waals surface area contributed by atoms with Gasteiger partial charge in [-0.05, 0) is 36.5 Å². The van der Waals surface area contributed by atoms with Gasteiger partial charge in [-0.3, -0.25) is 0 Å². The Morgan fingerprint density at radius 1 is 1.00 bits per heavy atom. The molecule has 24 heavy (non-hydrogen) atoms. The Labute approximate surface area is 143 Å². The van der Waals surface area contributed by atoms with Crippen LogP contribution in [0, 0.1) is 0 Å². The molecule has 2 fully saturated rings. The van der Waals surface area contributed by atoms with Crippen molar-refractivity contribution in [1.82, 2.24) is 9.97 Å². The Kier molecular flexibility index (Phi) is 3.42. The summed E-state index contributed by atoms with van der Waals surface area (Å²) in [6, 6.07) is 12.0. The number of hydrogen-bond acceptors (Lipinski definition) is 4. The maximum atomic E-state index is 4.84. The summed E-state index contributed by atoms with van der Waals surface area (Å²) in [6.45, 7) is 1.08. The molecule has 4 nitrogen and oxygen atoms in total. The first kappa shape index (κ1) is 14.3. The van der Waals surface area contributed by atoms with Gasteiger partial charge in [0.25, 0.3) is 0 Å². The van der Waals surface area contributed by atoms with Crippen LogP contribution in [0.2, 0.25) is 0 Å². The summed E-state index contributed by atoms with van der Waals surface area (Å²) in [6.07, 6.45) is 9.65. The van der Waals surface area contributed by atoms with Crippen LogP contribution in [0.5, 0.6) is 0 Å². The van der Waals surface area contributed by atoms with E-state index in [0.717, 1.165) is 18.3 Å². The summed E-state index contributed by atoms with van der Waals surface area (Å²) in [5.74, 6) is 2.54. The van der Waals surface area contributed by atoms with Gasteiger partial charge in [0.05, 0.1) is 6.04 Å². The number of rotatable bonds is 3. The number of anilines is 2. The van der Waals surface area contributed by atoms with E-state index in [1.54, 1.807) is 5.56 Å². The lowest BCUT2D eigenvalue weighted by Crippen LogP contribution is -2.29. The van der Waals surface area contributed by atoms with Gasteiger partial charge < -0.3 is 10.2 Å². The molecular weight excluding hydrogens is 296 g/mol. The van der Waals surface area contributed by atoms with E-state index in [4.69, 9.17) is 4.98 Å². The molecule has 2 bridgehead atoms. The van der Waals surface area contributed by atoms with Crippen LogP contribution in [0.1, 0.15) is 61.6 Å². The molecule has 2 aliphatic carbocycles. The zero-order valence-electron chi connectivity index (χ0n) is 14.0. The summed E-state index contributed by atoms with van der Waals surface area (Å²) < 4.78 is 0. The predicted molar refractivity (Wildman–Crippen MR) is 96.4 cm³/mol. The molecule has 1 saturated carbocycles. The molecule has 0 radical (unpaired) electrons. The van der Waals surface area contributed by atoms with Crippen LogP contribution >= 0.6 is 0 Å². The van der Waals surface area contributed by atoms with Crippen molar-refractivity contribution < 1.29 is 0 Å². The van der Waals surface area contributed by atoms with Crippen molar-refractivity contribution >= 4 is 11.8 Å². The first-order valence-electron chi connectivity index (χ1n) is 9.33. The van der Waals surface area contributed by atoms with Gasteiger partial charge in [0.1, 0.15) is 5.82 Å². The van der Waals surface area contributed by atoms with Gasteiger partial charge >= 0.3 is 0 Å². The van der Waals surface area contributed by atoms with Gasteiger partial charge in [0.2, 0.25) is 5.95 Å². The second kappa shape index (κ2) is 5.76. The molecule has 0 spiro atoms. The molecule has 1 saturated heterocycles. The molecule has 0 amide bonds. The maximum absolute atomic E-state index is 4.84. The number of aromatic nitrogens is 2. The normalized spacial score (nSPS) is 25.8. The van der Waals surface area contributed by atoms with Crippen LogP contribution in [-0.2, 0) is 0 Å². The zero-order valence-corrected chi connectivity index (χ0v) is 14.0. The van der Waals surface area contributed by atoms with Gasteiger partial charge in [0.15, 0.2) is 0 Å². The largest absolute Gasteiger partial charge is 0.351 e. The minimum Gasteiger partial charge on any atom is -0.351 e. The lowest BCUT2D eigenvalue weighted by molar-refractivity contribution is 0.461. The van der Waals surface area contributed by atoms with Crippen LogP contribution in [0.25, 0.3) is 0 Å². The molecule has 2 atom stereocenters. The Hall–Kier alpha value is -2.10. The predicted octanol–water partition coefficient (Wildman–Crippen LogP) is 4.27. The topological polar surface area (TPSA) is 41.1 Å². The van der Waals surface area contributed by atoms with Crippen LogP contribution in [0.3, 0.4) is 0 Å². The van der Waals surface area contributed by atoms with Crippen molar-refractivity contribution in [2.24, 2.45) is 0 Å². The summed E-state index contributed by atoms with van der Waals surface area (Å²) >= 11 is 0. The molecule has 2 aromatic rings. The molecule has 0 unspecified atom stereocenters. The highest BCUT2D eigenvalue weighted by Crippen LogP contribution is 2.51. The van der Waals surface area contributed by atoms with Gasteiger partial charge in [-0.1, -0.05) is 43.5 Å². The van der Waals surface area contributed by atoms with Crippen molar-refractivity contribution in [3.8, 4) is 0 Å². The van der Waals surface area contributed by atoms with Crippen molar-refractivity contribution in [3.63, 3.8) is 0 Å². The third-order valence-electron chi connectivity index (χ3n) is 5.97. The highest BCUT2D eigenvalue weighted by molar-refractivity contribution is 5.54. The number of hydrogen-bond donors (Lipinski definition) is 1. The fraction of sp³-hybridized carbons (Fsp3) is 0.500. The Bertz CT molecular complexity index is 738. The maximum Gasteiger partial charge on any atom is 0.224 e. The molecular formula is C20H24N4. The average molecular weight is 320 g/mol. The quantitative estimate of drug-likeness (QED) is 0.917. The number of nitrogens with one attached hydrogen (secondary N) is 1. The number of nitrogens with zero attached hydrogens (tertiary/aromatic N) is 3. The third kappa shape index (κ3) is 2.36. The zero-order chi connectivity index (χ0) is 15.9. The molecule has 3 aliphatic rings. The van der Waals surface area contributed by atoms with Crippen LogP contribution in [-0.4, -0.2) is 22.6 Å². The molecule has 1 aromatic carbocycles. The van der Waals surface area contributed by atoms with Crippen molar-refractivity contribution in [1.29, 1.82) is 0 Å². The summed E-state index contributed by atoms with van der Waals surface area (Å²) in [5, 5.41) is 3.56. The SMILES string of the molecule is c1ccc2c(c1)[C@H]1C[C@H]2N(c2ccnc(NC3CCCCC3)n2)C1. The standard InChI is InChI=1S/C20H24N4/c1-2-6-15(7-3-1)22-20-21-11-10-19(23-20)24-13-14-12-18(24)17-9-5-4-8-16(14)17/h4-5,8-11,14-15,18H,1-3,6-7,12-13H2,(H,21,22,23)/t14-,18+/m0/s1. The van der Waals surface area contributed by atoms with Gasteiger partial charge in [-0.15, -0.1) is 0 Å². The first-order chi connectivity index (χ1) is 11.9. The summed E-state index contributed by atoms with van der Waals surface area (Å²) in [7, 11) is 0. The monoisotopic (exact) mass is 320 g/mol. The molecule has 4 heteroatoms. The average Bonchev–Trinajstić information content (AvgIpc) is 3.23. The molecule has 1 N–H and O–H groups in total. The van der Waals surface area contributed by atoms with Crippen LogP contribution < -0.4 is 10.2 Å². The van der Waals surface area contributed by atoms with Gasteiger partial charge in [-0.25, -0.2) is 4.98 Å². The van der Waals surface area contributed by atoms with Crippen LogP contribution in [0.15, 0.2) is 36.5 Å². The Morgan fingerprint density at radius 2 is 1.83 bits per heavy atom. The first-order valence-corrected chi connectivity index (χ1v) is 9.33. The highest BCUT2D eigenvalue weighted by atomic mass is 15.3. The number of benzene rings is 1. The van der Waals surface area contributed by atoms with E-state index in [-0.39, 0.29) is 0 Å². The van der Waals surface area contributed by atoms with Crippen LogP contribution in [0.4, 0.5) is 11.8 Å². The Morgan fingerprint density at radius 3 is 2.71 bits per heavy atom.